The van der Waals surface area contributed by atoms with Crippen LogP contribution < -0.4 is 0 Å². The maximum Gasteiger partial charge on any atom is 0.435 e. The van der Waals surface area contributed by atoms with Gasteiger partial charge in [-0.05, 0) is 18.2 Å². The van der Waals surface area contributed by atoms with Gasteiger partial charge in [-0.1, -0.05) is 11.6 Å². The van der Waals surface area contributed by atoms with Crippen molar-refractivity contribution in [1.29, 1.82) is 0 Å². The van der Waals surface area contributed by atoms with Gasteiger partial charge < -0.3 is 0 Å². The highest BCUT2D eigenvalue weighted by molar-refractivity contribution is 6.32. The van der Waals surface area contributed by atoms with Crippen LogP contribution in [0.2, 0.25) is 5.02 Å². The number of rotatable bonds is 2. The molecule has 0 atom stereocenters. The average Bonchev–Trinajstić information content (AvgIpc) is 2.95. The van der Waals surface area contributed by atoms with E-state index in [9.17, 15) is 43.9 Å². The predicted octanol–water partition coefficient (Wildman–Crippen LogP) is 5.83. The Morgan fingerprint density at radius 3 is 1.77 bits per heavy atom. The molecule has 2 aromatic rings. The number of halogens is 11. The summed E-state index contributed by atoms with van der Waals surface area (Å²) < 4.78 is 131. The molecule has 144 valence electrons. The fraction of sp³-hybridized carbons (Fsp3) is 0.308. The molecule has 26 heavy (non-hydrogen) atoms. The van der Waals surface area contributed by atoms with Crippen LogP contribution >= 0.6 is 11.6 Å². The van der Waals surface area contributed by atoms with Crippen LogP contribution in [0.25, 0.3) is 5.69 Å². The molecule has 0 aliphatic heterocycles. The molecule has 2 rings (SSSR count). The van der Waals surface area contributed by atoms with Crippen molar-refractivity contribution in [2.24, 2.45) is 0 Å². The monoisotopic (exact) mass is 414 g/mol. The highest BCUT2D eigenvalue weighted by atomic mass is 35.5. The Morgan fingerprint density at radius 1 is 0.846 bits per heavy atom. The number of hydrogen-bond donors (Lipinski definition) is 0. The summed E-state index contributed by atoms with van der Waals surface area (Å²) in [6.07, 6.45) is -16.7. The number of benzene rings is 1. The fourth-order valence-corrected chi connectivity index (χ4v) is 2.44. The molecule has 1 heterocycles. The molecule has 1 aromatic carbocycles. The van der Waals surface area contributed by atoms with E-state index in [1.807, 2.05) is 0 Å². The minimum atomic E-state index is -6.58. The molecule has 0 fully saturated rings. The van der Waals surface area contributed by atoms with Gasteiger partial charge in [0.1, 0.15) is 0 Å². The predicted molar refractivity (Wildman–Crippen MR) is 68.5 cm³/mol. The van der Waals surface area contributed by atoms with Crippen LogP contribution in [0.3, 0.4) is 0 Å². The third kappa shape index (κ3) is 3.21. The van der Waals surface area contributed by atoms with Crippen molar-refractivity contribution in [3.63, 3.8) is 0 Å². The maximum absolute atomic E-state index is 14.1. The second kappa shape index (κ2) is 6.03. The third-order valence-corrected chi connectivity index (χ3v) is 3.57. The molecule has 0 saturated carbocycles. The largest absolute Gasteiger partial charge is 0.435 e. The molecule has 13 heteroatoms. The summed E-state index contributed by atoms with van der Waals surface area (Å²) in [6, 6.07) is 0.397. The summed E-state index contributed by atoms with van der Waals surface area (Å²) in [5.41, 5.74) is -11.4. The van der Waals surface area contributed by atoms with E-state index in [0.717, 1.165) is 18.5 Å². The summed E-state index contributed by atoms with van der Waals surface area (Å²) in [5.74, 6) is 0. The molecular weight excluding hydrogens is 410 g/mol. The van der Waals surface area contributed by atoms with Crippen LogP contribution in [0, 0.1) is 0 Å². The fourth-order valence-electron chi connectivity index (χ4n) is 2.14. The summed E-state index contributed by atoms with van der Waals surface area (Å²) in [7, 11) is 0. The first-order valence-corrected chi connectivity index (χ1v) is 6.72. The Bertz CT molecular complexity index is 775. The van der Waals surface area contributed by atoms with Crippen molar-refractivity contribution in [3.05, 3.63) is 46.7 Å². The van der Waals surface area contributed by atoms with E-state index in [-0.39, 0.29) is 6.07 Å². The van der Waals surface area contributed by atoms with E-state index < -0.39 is 52.1 Å². The van der Waals surface area contributed by atoms with E-state index in [1.165, 1.54) is 0 Å². The van der Waals surface area contributed by atoms with Gasteiger partial charge in [0.25, 0.3) is 0 Å². The maximum atomic E-state index is 14.1. The number of nitrogens with zero attached hydrogens (tertiary/aromatic N) is 2. The summed E-state index contributed by atoms with van der Waals surface area (Å²) in [5, 5.41) is 2.20. The molecule has 0 N–H and O–H groups in total. The molecule has 1 aromatic heterocycles. The van der Waals surface area contributed by atoms with E-state index in [0.29, 0.717) is 4.68 Å². The first kappa shape index (κ1) is 20.3. The Morgan fingerprint density at radius 2 is 1.38 bits per heavy atom. The highest BCUT2D eigenvalue weighted by Gasteiger charge is 2.73. The summed E-state index contributed by atoms with van der Waals surface area (Å²) in [6.45, 7) is 0. The van der Waals surface area contributed by atoms with E-state index >= 15 is 0 Å². The Kier molecular flexibility index (Phi) is 4.72. The van der Waals surface area contributed by atoms with Gasteiger partial charge in [0.2, 0.25) is 0 Å². The SMILES string of the molecule is FC(F)(F)c1cc(C(F)(C(F)(F)F)C(F)(F)F)cc(Cl)c1-n1cccn1. The van der Waals surface area contributed by atoms with Gasteiger partial charge in [0, 0.05) is 18.0 Å². The van der Waals surface area contributed by atoms with Gasteiger partial charge >= 0.3 is 24.2 Å². The normalized spacial score (nSPS) is 14.0. The van der Waals surface area contributed by atoms with Crippen LogP contribution in [0.1, 0.15) is 11.1 Å². The van der Waals surface area contributed by atoms with Crippen molar-refractivity contribution in [2.45, 2.75) is 24.2 Å². The lowest BCUT2D eigenvalue weighted by atomic mass is 9.92. The number of hydrogen-bond acceptors (Lipinski definition) is 1. The molecule has 0 bridgehead atoms. The number of alkyl halides is 10. The molecule has 2 nitrogen and oxygen atoms in total. The quantitative estimate of drug-likeness (QED) is 0.565. The minimum Gasteiger partial charge on any atom is -0.239 e. The molecule has 0 spiro atoms. The Labute approximate surface area is 143 Å². The smallest absolute Gasteiger partial charge is 0.239 e. The van der Waals surface area contributed by atoms with E-state index in [4.69, 9.17) is 11.6 Å². The molecule has 0 aliphatic carbocycles. The molecule has 0 radical (unpaired) electrons. The first-order valence-electron chi connectivity index (χ1n) is 6.34. The lowest BCUT2D eigenvalue weighted by molar-refractivity contribution is -0.348. The van der Waals surface area contributed by atoms with Crippen molar-refractivity contribution in [2.75, 3.05) is 0 Å². The summed E-state index contributed by atoms with van der Waals surface area (Å²) >= 11 is 5.48. The third-order valence-electron chi connectivity index (χ3n) is 3.28. The van der Waals surface area contributed by atoms with Crippen molar-refractivity contribution in [1.82, 2.24) is 9.78 Å². The van der Waals surface area contributed by atoms with E-state index in [2.05, 4.69) is 5.10 Å². The van der Waals surface area contributed by atoms with Gasteiger partial charge in [-0.2, -0.15) is 44.6 Å². The standard InChI is InChI=1S/C13H5ClF10N2/c14-8-5-6(10(15,12(19,20)21)13(22,23)24)4-7(11(16,17)18)9(8)26-3-1-2-25-26/h1-5H. The zero-order valence-corrected chi connectivity index (χ0v) is 12.7. The Balaban J connectivity index is 2.87. The average molecular weight is 415 g/mol. The lowest BCUT2D eigenvalue weighted by Gasteiger charge is -2.31. The minimum absolute atomic E-state index is 0.158. The number of aromatic nitrogens is 2. The molecule has 0 unspecified atom stereocenters. The zero-order chi connectivity index (χ0) is 20.1. The topological polar surface area (TPSA) is 17.8 Å². The van der Waals surface area contributed by atoms with Crippen molar-refractivity contribution < 1.29 is 43.9 Å². The molecule has 0 saturated heterocycles. The van der Waals surface area contributed by atoms with Crippen molar-refractivity contribution in [3.8, 4) is 5.69 Å². The molecular formula is C13H5ClF10N2. The van der Waals surface area contributed by atoms with Crippen LogP contribution in [-0.2, 0) is 11.8 Å². The van der Waals surface area contributed by atoms with Crippen LogP contribution in [0.4, 0.5) is 43.9 Å². The first-order chi connectivity index (χ1) is 11.6. The second-order valence-electron chi connectivity index (χ2n) is 4.96. The molecule has 0 amide bonds. The highest BCUT2D eigenvalue weighted by Crippen LogP contribution is 2.54. The van der Waals surface area contributed by atoms with Gasteiger partial charge in [0.05, 0.1) is 16.3 Å². The molecule has 0 aliphatic rings. The van der Waals surface area contributed by atoms with Gasteiger partial charge in [-0.25, -0.2) is 9.07 Å². The summed E-state index contributed by atoms with van der Waals surface area (Å²) in [4.78, 5) is 0. The van der Waals surface area contributed by atoms with Crippen LogP contribution in [0.15, 0.2) is 30.6 Å². The van der Waals surface area contributed by atoms with E-state index in [1.54, 1.807) is 0 Å². The lowest BCUT2D eigenvalue weighted by Crippen LogP contribution is -2.50. The van der Waals surface area contributed by atoms with Crippen molar-refractivity contribution >= 4 is 11.6 Å². The zero-order valence-electron chi connectivity index (χ0n) is 11.9. The van der Waals surface area contributed by atoms with Crippen LogP contribution in [-0.4, -0.2) is 22.1 Å². The second-order valence-corrected chi connectivity index (χ2v) is 5.36. The van der Waals surface area contributed by atoms with Crippen LogP contribution in [0.5, 0.6) is 0 Å². The van der Waals surface area contributed by atoms with Gasteiger partial charge in [-0.15, -0.1) is 0 Å². The van der Waals surface area contributed by atoms with Gasteiger partial charge in [0.15, 0.2) is 0 Å². The van der Waals surface area contributed by atoms with Gasteiger partial charge in [-0.3, -0.25) is 0 Å². The Hall–Kier alpha value is -1.98.